The van der Waals surface area contributed by atoms with Crippen molar-refractivity contribution in [3.63, 3.8) is 0 Å². The molecule has 3 rings (SSSR count). The fraction of sp³-hybridized carbons (Fsp3) is 0.389. The van der Waals surface area contributed by atoms with Crippen molar-refractivity contribution in [2.45, 2.75) is 39.3 Å². The predicted octanol–water partition coefficient (Wildman–Crippen LogP) is 2.71. The van der Waals surface area contributed by atoms with Gasteiger partial charge in [-0.2, -0.15) is 0 Å². The minimum absolute atomic E-state index is 0.0912. The van der Waals surface area contributed by atoms with Gasteiger partial charge in [-0.3, -0.25) is 4.79 Å². The first-order chi connectivity index (χ1) is 10.6. The van der Waals surface area contributed by atoms with E-state index in [2.05, 4.69) is 18.3 Å². The lowest BCUT2D eigenvalue weighted by molar-refractivity contribution is 0.412. The molecule has 1 heterocycles. The number of nitrogens with zero attached hydrogens (tertiary/aromatic N) is 1. The standard InChI is InChI=1S/C18H22N2O2/c1-12-4-7-18(22-3)16(8-12)20-11-14(10-19-15-5-6-15)17(21)9-13(20)2/h4,7-9,11,15,19H,5-6,10H2,1-3H3. The van der Waals surface area contributed by atoms with Gasteiger partial charge in [-0.1, -0.05) is 6.07 Å². The first-order valence-corrected chi connectivity index (χ1v) is 7.69. The summed E-state index contributed by atoms with van der Waals surface area (Å²) in [5.41, 5.74) is 3.91. The summed E-state index contributed by atoms with van der Waals surface area (Å²) in [6.07, 6.45) is 4.36. The second-order valence-electron chi connectivity index (χ2n) is 6.00. The van der Waals surface area contributed by atoms with E-state index in [9.17, 15) is 4.79 Å². The molecule has 0 amide bonds. The van der Waals surface area contributed by atoms with Crippen molar-refractivity contribution >= 4 is 0 Å². The van der Waals surface area contributed by atoms with E-state index in [0.29, 0.717) is 12.6 Å². The molecule has 0 spiro atoms. The molecule has 22 heavy (non-hydrogen) atoms. The lowest BCUT2D eigenvalue weighted by Crippen LogP contribution is -2.23. The van der Waals surface area contributed by atoms with Crippen LogP contribution in [0.4, 0.5) is 0 Å². The zero-order chi connectivity index (χ0) is 15.7. The Morgan fingerprint density at radius 1 is 1.27 bits per heavy atom. The summed E-state index contributed by atoms with van der Waals surface area (Å²) < 4.78 is 7.51. The molecule has 0 radical (unpaired) electrons. The highest BCUT2D eigenvalue weighted by Crippen LogP contribution is 2.25. The summed E-state index contributed by atoms with van der Waals surface area (Å²) in [6.45, 7) is 4.62. The summed E-state index contributed by atoms with van der Waals surface area (Å²) in [5.74, 6) is 0.804. The Morgan fingerprint density at radius 2 is 2.05 bits per heavy atom. The van der Waals surface area contributed by atoms with Crippen LogP contribution in [0.15, 0.2) is 35.3 Å². The largest absolute Gasteiger partial charge is 0.495 e. The van der Waals surface area contributed by atoms with Gasteiger partial charge in [0.25, 0.3) is 0 Å². The molecule has 4 heteroatoms. The number of hydrogen-bond donors (Lipinski definition) is 1. The van der Waals surface area contributed by atoms with E-state index in [-0.39, 0.29) is 5.43 Å². The Balaban J connectivity index is 2.03. The molecule has 2 aromatic rings. The van der Waals surface area contributed by atoms with Crippen LogP contribution in [-0.4, -0.2) is 17.7 Å². The van der Waals surface area contributed by atoms with Gasteiger partial charge in [0.05, 0.1) is 12.8 Å². The number of rotatable bonds is 5. The van der Waals surface area contributed by atoms with Crippen molar-refractivity contribution in [3.8, 4) is 11.4 Å². The summed E-state index contributed by atoms with van der Waals surface area (Å²) in [6, 6.07) is 8.35. The van der Waals surface area contributed by atoms with Gasteiger partial charge in [0, 0.05) is 36.1 Å². The maximum absolute atomic E-state index is 12.2. The second kappa shape index (κ2) is 5.97. The Hall–Kier alpha value is -2.07. The number of pyridine rings is 1. The van der Waals surface area contributed by atoms with Gasteiger partial charge in [-0.25, -0.2) is 0 Å². The fourth-order valence-electron chi connectivity index (χ4n) is 2.60. The second-order valence-corrected chi connectivity index (χ2v) is 6.00. The number of nitrogens with one attached hydrogen (secondary N) is 1. The first-order valence-electron chi connectivity index (χ1n) is 7.69. The molecule has 1 N–H and O–H groups in total. The molecule has 0 saturated heterocycles. The van der Waals surface area contributed by atoms with Crippen LogP contribution in [0, 0.1) is 13.8 Å². The SMILES string of the molecule is COc1ccc(C)cc1-n1cc(CNC2CC2)c(=O)cc1C. The van der Waals surface area contributed by atoms with Gasteiger partial charge < -0.3 is 14.6 Å². The van der Waals surface area contributed by atoms with E-state index < -0.39 is 0 Å². The molecule has 0 bridgehead atoms. The number of methoxy groups -OCH3 is 1. The quantitative estimate of drug-likeness (QED) is 0.923. The fourth-order valence-corrected chi connectivity index (χ4v) is 2.60. The van der Waals surface area contributed by atoms with Crippen molar-refractivity contribution in [2.75, 3.05) is 7.11 Å². The molecule has 0 atom stereocenters. The van der Waals surface area contributed by atoms with E-state index in [4.69, 9.17) is 4.74 Å². The highest BCUT2D eigenvalue weighted by atomic mass is 16.5. The molecule has 1 aliphatic rings. The Morgan fingerprint density at radius 3 is 2.73 bits per heavy atom. The van der Waals surface area contributed by atoms with Crippen LogP contribution in [0.3, 0.4) is 0 Å². The van der Waals surface area contributed by atoms with Crippen molar-refractivity contribution in [1.82, 2.24) is 9.88 Å². The number of aromatic nitrogens is 1. The third kappa shape index (κ3) is 3.07. The van der Waals surface area contributed by atoms with Gasteiger partial charge in [0.1, 0.15) is 5.75 Å². The topological polar surface area (TPSA) is 43.3 Å². The Kier molecular flexibility index (Phi) is 4.03. The maximum Gasteiger partial charge on any atom is 0.186 e. The molecule has 4 nitrogen and oxygen atoms in total. The van der Waals surface area contributed by atoms with E-state index >= 15 is 0 Å². The van der Waals surface area contributed by atoms with E-state index in [0.717, 1.165) is 28.3 Å². The average Bonchev–Trinajstić information content (AvgIpc) is 3.30. The Labute approximate surface area is 130 Å². The van der Waals surface area contributed by atoms with Gasteiger partial charge in [-0.05, 0) is 44.4 Å². The van der Waals surface area contributed by atoms with E-state index in [1.54, 1.807) is 13.2 Å². The van der Waals surface area contributed by atoms with Crippen LogP contribution >= 0.6 is 0 Å². The van der Waals surface area contributed by atoms with Crippen molar-refractivity contribution in [3.05, 3.63) is 57.5 Å². The van der Waals surface area contributed by atoms with Crippen molar-refractivity contribution in [1.29, 1.82) is 0 Å². The molecule has 1 aromatic heterocycles. The van der Waals surface area contributed by atoms with Crippen molar-refractivity contribution in [2.24, 2.45) is 0 Å². The highest BCUT2D eigenvalue weighted by molar-refractivity contribution is 5.50. The molecular formula is C18H22N2O2. The third-order valence-electron chi connectivity index (χ3n) is 4.07. The summed E-state index contributed by atoms with van der Waals surface area (Å²) in [4.78, 5) is 12.2. The zero-order valence-electron chi connectivity index (χ0n) is 13.3. The average molecular weight is 298 g/mol. The zero-order valence-corrected chi connectivity index (χ0v) is 13.3. The molecule has 0 unspecified atom stereocenters. The van der Waals surface area contributed by atoms with Crippen molar-refractivity contribution < 1.29 is 4.74 Å². The Bertz CT molecular complexity index is 745. The summed E-state index contributed by atoms with van der Waals surface area (Å²) >= 11 is 0. The van der Waals surface area contributed by atoms with Crippen LogP contribution in [-0.2, 0) is 6.54 Å². The smallest absolute Gasteiger partial charge is 0.186 e. The number of hydrogen-bond acceptors (Lipinski definition) is 3. The number of benzene rings is 1. The molecule has 116 valence electrons. The molecule has 1 aromatic carbocycles. The molecule has 1 saturated carbocycles. The lowest BCUT2D eigenvalue weighted by atomic mass is 10.1. The summed E-state index contributed by atoms with van der Waals surface area (Å²) in [5, 5.41) is 3.41. The normalized spacial score (nSPS) is 14.1. The summed E-state index contributed by atoms with van der Waals surface area (Å²) in [7, 11) is 1.67. The van der Waals surface area contributed by atoms with Gasteiger partial charge in [0.15, 0.2) is 5.43 Å². The molecule has 1 fully saturated rings. The number of aryl methyl sites for hydroxylation is 2. The first kappa shape index (κ1) is 14.9. The van der Waals surface area contributed by atoms with Gasteiger partial charge in [-0.15, -0.1) is 0 Å². The molecule has 0 aliphatic heterocycles. The predicted molar refractivity (Wildman–Crippen MR) is 87.9 cm³/mol. The van der Waals surface area contributed by atoms with Crippen LogP contribution in [0.5, 0.6) is 5.75 Å². The minimum Gasteiger partial charge on any atom is -0.495 e. The molecule has 1 aliphatic carbocycles. The monoisotopic (exact) mass is 298 g/mol. The van der Waals surface area contributed by atoms with E-state index in [1.807, 2.05) is 29.8 Å². The van der Waals surface area contributed by atoms with E-state index in [1.165, 1.54) is 12.8 Å². The number of ether oxygens (including phenoxy) is 1. The highest BCUT2D eigenvalue weighted by Gasteiger charge is 2.20. The van der Waals surface area contributed by atoms with Crippen LogP contribution in [0.1, 0.15) is 29.7 Å². The van der Waals surface area contributed by atoms with Crippen LogP contribution in [0.2, 0.25) is 0 Å². The van der Waals surface area contributed by atoms with Gasteiger partial charge >= 0.3 is 0 Å². The maximum atomic E-state index is 12.2. The molecular weight excluding hydrogens is 276 g/mol. The van der Waals surface area contributed by atoms with Crippen LogP contribution < -0.4 is 15.5 Å². The minimum atomic E-state index is 0.0912. The van der Waals surface area contributed by atoms with Crippen LogP contribution in [0.25, 0.3) is 5.69 Å². The third-order valence-corrected chi connectivity index (χ3v) is 4.07. The van der Waals surface area contributed by atoms with Gasteiger partial charge in [0.2, 0.25) is 0 Å². The lowest BCUT2D eigenvalue weighted by Gasteiger charge is -2.16.